The van der Waals surface area contributed by atoms with Gasteiger partial charge in [-0.3, -0.25) is 9.59 Å². The second kappa shape index (κ2) is 7.05. The van der Waals surface area contributed by atoms with Crippen LogP contribution in [0.15, 0.2) is 21.3 Å². The normalized spacial score (nSPS) is 26.5. The smallest absolute Gasteiger partial charge is 0.255 e. The van der Waals surface area contributed by atoms with Crippen molar-refractivity contribution in [3.8, 4) is 0 Å². The number of furan rings is 1. The van der Waals surface area contributed by atoms with Gasteiger partial charge in [-0.15, -0.1) is 0 Å². The van der Waals surface area contributed by atoms with Crippen LogP contribution in [-0.2, 0) is 14.9 Å². The van der Waals surface area contributed by atoms with E-state index in [0.29, 0.717) is 42.5 Å². The summed E-state index contributed by atoms with van der Waals surface area (Å²) in [7, 11) is 1.51. The number of carbonyl (C=O) groups excluding carboxylic acids is 2. The van der Waals surface area contributed by atoms with E-state index in [1.54, 1.807) is 24.8 Å². The molecule has 1 saturated carbocycles. The van der Waals surface area contributed by atoms with Crippen LogP contribution in [0.25, 0.3) is 0 Å². The fourth-order valence-electron chi connectivity index (χ4n) is 4.60. The molecule has 3 atom stereocenters. The maximum atomic E-state index is 12.6. The van der Waals surface area contributed by atoms with Crippen molar-refractivity contribution in [1.82, 2.24) is 20.4 Å². The number of likely N-dealkylation sites (tertiary alicyclic amines) is 1. The van der Waals surface area contributed by atoms with E-state index in [9.17, 15) is 9.59 Å². The molecule has 3 heterocycles. The van der Waals surface area contributed by atoms with E-state index in [1.807, 2.05) is 0 Å². The van der Waals surface area contributed by atoms with Crippen LogP contribution in [-0.4, -0.2) is 59.7 Å². The molecule has 0 bridgehead atoms. The van der Waals surface area contributed by atoms with Crippen LogP contribution >= 0.6 is 0 Å². The molecule has 0 radical (unpaired) electrons. The summed E-state index contributed by atoms with van der Waals surface area (Å²) in [5.41, 5.74) is 0.0882. The van der Waals surface area contributed by atoms with Gasteiger partial charge in [0.05, 0.1) is 17.2 Å². The molecule has 0 spiro atoms. The third-order valence-corrected chi connectivity index (χ3v) is 5.89. The lowest BCUT2D eigenvalue weighted by molar-refractivity contribution is -0.134. The third kappa shape index (κ3) is 3.09. The number of hydrogen-bond donors (Lipinski definition) is 1. The van der Waals surface area contributed by atoms with Crippen LogP contribution in [0.2, 0.25) is 0 Å². The van der Waals surface area contributed by atoms with Gasteiger partial charge in [0.25, 0.3) is 5.91 Å². The maximum Gasteiger partial charge on any atom is 0.255 e. The predicted octanol–water partition coefficient (Wildman–Crippen LogP) is 1.21. The first-order valence-corrected chi connectivity index (χ1v) is 9.35. The average molecular weight is 388 g/mol. The Morgan fingerprint density at radius 3 is 2.89 bits per heavy atom. The van der Waals surface area contributed by atoms with Crippen LogP contribution < -0.4 is 5.32 Å². The van der Waals surface area contributed by atoms with Gasteiger partial charge in [-0.1, -0.05) is 5.16 Å². The molecule has 2 amide bonds. The molecule has 2 aliphatic rings. The van der Waals surface area contributed by atoms with Gasteiger partial charge in [0.15, 0.2) is 5.82 Å². The molecular weight excluding hydrogens is 364 g/mol. The number of hydrogen-bond acceptors (Lipinski definition) is 7. The maximum absolute atomic E-state index is 12.6. The number of aromatic nitrogens is 2. The van der Waals surface area contributed by atoms with Crippen LogP contribution in [0, 0.1) is 19.8 Å². The van der Waals surface area contributed by atoms with Crippen molar-refractivity contribution >= 4 is 11.8 Å². The van der Waals surface area contributed by atoms with Crippen molar-refractivity contribution in [3.05, 3.63) is 35.4 Å². The lowest BCUT2D eigenvalue weighted by atomic mass is 9.80. The summed E-state index contributed by atoms with van der Waals surface area (Å²) in [5, 5.41) is 7.05. The van der Waals surface area contributed by atoms with Crippen molar-refractivity contribution in [2.75, 3.05) is 26.8 Å². The van der Waals surface area contributed by atoms with E-state index in [-0.39, 0.29) is 30.4 Å². The van der Waals surface area contributed by atoms with Gasteiger partial charge in [-0.25, -0.2) is 0 Å². The summed E-state index contributed by atoms with van der Waals surface area (Å²) in [6, 6.07) is 1.63. The minimum atomic E-state index is -0.450. The zero-order chi connectivity index (χ0) is 19.9. The van der Waals surface area contributed by atoms with Gasteiger partial charge in [0.1, 0.15) is 12.4 Å². The Balaban J connectivity index is 1.55. The molecule has 2 aromatic heterocycles. The Kier molecular flexibility index (Phi) is 4.70. The van der Waals surface area contributed by atoms with Crippen LogP contribution in [0.1, 0.15) is 40.7 Å². The minimum absolute atomic E-state index is 0.0429. The molecule has 150 valence electrons. The van der Waals surface area contributed by atoms with Crippen molar-refractivity contribution in [1.29, 1.82) is 0 Å². The molecule has 4 rings (SSSR count). The first-order chi connectivity index (χ1) is 13.4. The molecule has 2 fully saturated rings. The van der Waals surface area contributed by atoms with Crippen molar-refractivity contribution in [2.45, 2.75) is 38.1 Å². The monoisotopic (exact) mass is 388 g/mol. The van der Waals surface area contributed by atoms with Crippen molar-refractivity contribution < 1.29 is 23.3 Å². The Labute approximate surface area is 162 Å². The SMILES string of the molecule is COCC(=O)N1C[C@@H]2C[C@@H](NC(=O)c3ccoc3C)C[C@]2(c2nc(C)no2)C1. The number of fused-ring (bicyclic) bond motifs is 1. The highest BCUT2D eigenvalue weighted by Crippen LogP contribution is 2.50. The fourth-order valence-corrected chi connectivity index (χ4v) is 4.60. The summed E-state index contributed by atoms with van der Waals surface area (Å²) in [4.78, 5) is 31.2. The Hall–Kier alpha value is -2.68. The zero-order valence-electron chi connectivity index (χ0n) is 16.2. The predicted molar refractivity (Wildman–Crippen MR) is 96.6 cm³/mol. The number of amides is 2. The number of methoxy groups -OCH3 is 1. The Bertz CT molecular complexity index is 891. The van der Waals surface area contributed by atoms with Gasteiger partial charge in [-0.05, 0) is 38.7 Å². The third-order valence-electron chi connectivity index (χ3n) is 5.89. The van der Waals surface area contributed by atoms with Gasteiger partial charge >= 0.3 is 0 Å². The molecule has 0 unspecified atom stereocenters. The molecular formula is C19H24N4O5. The molecule has 2 aromatic rings. The Morgan fingerprint density at radius 2 is 2.25 bits per heavy atom. The minimum Gasteiger partial charge on any atom is -0.469 e. The van der Waals surface area contributed by atoms with Gasteiger partial charge in [0, 0.05) is 26.2 Å². The van der Waals surface area contributed by atoms with Crippen molar-refractivity contribution in [2.24, 2.45) is 5.92 Å². The van der Waals surface area contributed by atoms with Crippen molar-refractivity contribution in [3.63, 3.8) is 0 Å². The zero-order valence-corrected chi connectivity index (χ0v) is 16.2. The quantitative estimate of drug-likeness (QED) is 0.820. The van der Waals surface area contributed by atoms with E-state index in [4.69, 9.17) is 13.7 Å². The number of nitrogens with one attached hydrogen (secondary N) is 1. The number of ether oxygens (including phenoxy) is 1. The summed E-state index contributed by atoms with van der Waals surface area (Å²) in [6.07, 6.45) is 2.88. The largest absolute Gasteiger partial charge is 0.469 e. The topological polar surface area (TPSA) is 111 Å². The molecule has 9 nitrogen and oxygen atoms in total. The molecule has 0 aromatic carbocycles. The van der Waals surface area contributed by atoms with Gasteiger partial charge in [0.2, 0.25) is 11.8 Å². The van der Waals surface area contributed by atoms with Gasteiger partial charge in [-0.2, -0.15) is 4.98 Å². The number of nitrogens with zero attached hydrogens (tertiary/aromatic N) is 3. The average Bonchev–Trinajstić information content (AvgIpc) is 3.38. The lowest BCUT2D eigenvalue weighted by Crippen LogP contribution is -2.40. The highest BCUT2D eigenvalue weighted by atomic mass is 16.5. The summed E-state index contributed by atoms with van der Waals surface area (Å²) < 4.78 is 15.8. The molecule has 28 heavy (non-hydrogen) atoms. The van der Waals surface area contributed by atoms with Crippen LogP contribution in [0.4, 0.5) is 0 Å². The number of carbonyl (C=O) groups is 2. The highest BCUT2D eigenvalue weighted by molar-refractivity contribution is 5.95. The Morgan fingerprint density at radius 1 is 1.43 bits per heavy atom. The molecule has 1 saturated heterocycles. The van der Waals surface area contributed by atoms with Gasteiger partial charge < -0.3 is 23.9 Å². The molecule has 9 heteroatoms. The second-order valence-corrected chi connectivity index (χ2v) is 7.71. The first-order valence-electron chi connectivity index (χ1n) is 9.35. The molecule has 1 N–H and O–H groups in total. The van der Waals surface area contributed by atoms with E-state index >= 15 is 0 Å². The second-order valence-electron chi connectivity index (χ2n) is 7.71. The summed E-state index contributed by atoms with van der Waals surface area (Å²) >= 11 is 0. The highest BCUT2D eigenvalue weighted by Gasteiger charge is 2.58. The van der Waals surface area contributed by atoms with Crippen LogP contribution in [0.3, 0.4) is 0 Å². The fraction of sp³-hybridized carbons (Fsp3) is 0.579. The van der Waals surface area contributed by atoms with E-state index in [1.165, 1.54) is 13.4 Å². The van der Waals surface area contributed by atoms with E-state index in [2.05, 4.69) is 15.5 Å². The summed E-state index contributed by atoms with van der Waals surface area (Å²) in [5.74, 6) is 1.62. The lowest BCUT2D eigenvalue weighted by Gasteiger charge is -2.25. The number of aryl methyl sites for hydroxylation is 2. The standard InChI is InChI=1S/C19H24N4O5/c1-11-15(4-5-27-11)17(25)21-14-6-13-8-23(16(24)9-26-3)10-19(13,7-14)18-20-12(2)22-28-18/h4-5,13-14H,6-10H2,1-3H3,(H,21,25)/t13-,14+,19-/m0/s1. The first kappa shape index (κ1) is 18.7. The number of rotatable bonds is 5. The molecule has 1 aliphatic carbocycles. The molecule has 1 aliphatic heterocycles. The summed E-state index contributed by atoms with van der Waals surface area (Å²) in [6.45, 7) is 4.66. The van der Waals surface area contributed by atoms with E-state index < -0.39 is 5.41 Å². The van der Waals surface area contributed by atoms with E-state index in [0.717, 1.165) is 6.42 Å². The van der Waals surface area contributed by atoms with Crippen LogP contribution in [0.5, 0.6) is 0 Å².